The fourth-order valence-electron chi connectivity index (χ4n) is 2.96. The number of para-hydroxylation sites is 1. The van der Waals surface area contributed by atoms with Crippen LogP contribution in [0.4, 0.5) is 11.4 Å². The molecular formula is C17H19N3O. The standard InChI is InChI=1S/C17H19N3O/c18-15-7-3-6-14(17(19)21)16(15)20-13-9-8-11-4-1-2-5-12(11)10-13/h1-7,13,20H,8-10,18H2,(H2,19,21). The van der Waals surface area contributed by atoms with Crippen LogP contribution in [0, 0.1) is 0 Å². The first-order chi connectivity index (χ1) is 10.1. The Labute approximate surface area is 124 Å². The minimum absolute atomic E-state index is 0.266. The number of fused-ring (bicyclic) bond motifs is 1. The summed E-state index contributed by atoms with van der Waals surface area (Å²) in [5.74, 6) is -0.457. The van der Waals surface area contributed by atoms with Crippen molar-refractivity contribution in [2.75, 3.05) is 11.1 Å². The molecule has 0 spiro atoms. The Morgan fingerprint density at radius 3 is 2.62 bits per heavy atom. The van der Waals surface area contributed by atoms with E-state index in [9.17, 15) is 4.79 Å². The maximum Gasteiger partial charge on any atom is 0.250 e. The molecule has 21 heavy (non-hydrogen) atoms. The van der Waals surface area contributed by atoms with E-state index in [2.05, 4.69) is 29.6 Å². The highest BCUT2D eigenvalue weighted by Gasteiger charge is 2.20. The summed E-state index contributed by atoms with van der Waals surface area (Å²) in [6.07, 6.45) is 2.98. The molecular weight excluding hydrogens is 262 g/mol. The van der Waals surface area contributed by atoms with Gasteiger partial charge < -0.3 is 16.8 Å². The molecule has 2 aromatic rings. The molecule has 0 aliphatic heterocycles. The first kappa shape index (κ1) is 13.5. The average Bonchev–Trinajstić information content (AvgIpc) is 2.49. The number of amides is 1. The molecule has 0 bridgehead atoms. The number of hydrogen-bond donors (Lipinski definition) is 3. The van der Waals surface area contributed by atoms with Crippen molar-refractivity contribution in [1.29, 1.82) is 0 Å². The third kappa shape index (κ3) is 2.70. The van der Waals surface area contributed by atoms with E-state index in [4.69, 9.17) is 11.5 Å². The van der Waals surface area contributed by atoms with E-state index in [0.717, 1.165) is 19.3 Å². The number of carbonyl (C=O) groups is 1. The Kier molecular flexibility index (Phi) is 3.52. The second-order valence-electron chi connectivity index (χ2n) is 5.49. The van der Waals surface area contributed by atoms with Gasteiger partial charge in [0.15, 0.2) is 0 Å². The summed E-state index contributed by atoms with van der Waals surface area (Å²) in [6, 6.07) is 14.0. The Hall–Kier alpha value is -2.49. The smallest absolute Gasteiger partial charge is 0.250 e. The van der Waals surface area contributed by atoms with Crippen LogP contribution in [0.2, 0.25) is 0 Å². The Bertz CT molecular complexity index is 681. The Balaban J connectivity index is 1.84. The Morgan fingerprint density at radius 1 is 1.10 bits per heavy atom. The molecule has 4 heteroatoms. The molecule has 0 heterocycles. The fraction of sp³-hybridized carbons (Fsp3) is 0.235. The molecule has 0 aromatic heterocycles. The summed E-state index contributed by atoms with van der Waals surface area (Å²) in [5.41, 5.74) is 15.9. The summed E-state index contributed by atoms with van der Waals surface area (Å²) in [5, 5.41) is 3.41. The van der Waals surface area contributed by atoms with E-state index in [0.29, 0.717) is 16.9 Å². The number of aryl methyl sites for hydroxylation is 1. The molecule has 1 unspecified atom stereocenters. The number of rotatable bonds is 3. The zero-order valence-electron chi connectivity index (χ0n) is 11.8. The first-order valence-corrected chi connectivity index (χ1v) is 7.17. The van der Waals surface area contributed by atoms with Gasteiger partial charge in [-0.25, -0.2) is 0 Å². The molecule has 0 fully saturated rings. The molecule has 1 atom stereocenters. The van der Waals surface area contributed by atoms with Gasteiger partial charge in [0, 0.05) is 6.04 Å². The summed E-state index contributed by atoms with van der Waals surface area (Å²) >= 11 is 0. The minimum atomic E-state index is -0.457. The molecule has 1 aliphatic carbocycles. The van der Waals surface area contributed by atoms with Gasteiger partial charge in [0.2, 0.25) is 0 Å². The molecule has 3 rings (SSSR count). The van der Waals surface area contributed by atoms with E-state index in [1.807, 2.05) is 0 Å². The van der Waals surface area contributed by atoms with Crippen molar-refractivity contribution >= 4 is 17.3 Å². The van der Waals surface area contributed by atoms with E-state index in [-0.39, 0.29) is 6.04 Å². The van der Waals surface area contributed by atoms with Crippen molar-refractivity contribution in [2.24, 2.45) is 5.73 Å². The molecule has 4 nitrogen and oxygen atoms in total. The largest absolute Gasteiger partial charge is 0.397 e. The molecule has 0 radical (unpaired) electrons. The van der Waals surface area contributed by atoms with Crippen molar-refractivity contribution in [3.8, 4) is 0 Å². The van der Waals surface area contributed by atoms with E-state index in [1.54, 1.807) is 18.2 Å². The zero-order chi connectivity index (χ0) is 14.8. The number of carbonyl (C=O) groups excluding carboxylic acids is 1. The van der Waals surface area contributed by atoms with Gasteiger partial charge in [0.25, 0.3) is 5.91 Å². The second kappa shape index (κ2) is 5.48. The molecule has 108 valence electrons. The quantitative estimate of drug-likeness (QED) is 0.755. The summed E-state index contributed by atoms with van der Waals surface area (Å²) < 4.78 is 0. The molecule has 0 saturated heterocycles. The summed E-state index contributed by atoms with van der Waals surface area (Å²) in [6.45, 7) is 0. The number of hydrogen-bond acceptors (Lipinski definition) is 3. The van der Waals surface area contributed by atoms with Crippen LogP contribution in [0.15, 0.2) is 42.5 Å². The van der Waals surface area contributed by atoms with Gasteiger partial charge in [-0.05, 0) is 42.5 Å². The van der Waals surface area contributed by atoms with Crippen molar-refractivity contribution in [3.63, 3.8) is 0 Å². The van der Waals surface area contributed by atoms with E-state index in [1.165, 1.54) is 11.1 Å². The van der Waals surface area contributed by atoms with Gasteiger partial charge in [-0.15, -0.1) is 0 Å². The lowest BCUT2D eigenvalue weighted by Crippen LogP contribution is -2.29. The highest BCUT2D eigenvalue weighted by atomic mass is 16.1. The van der Waals surface area contributed by atoms with Crippen LogP contribution in [-0.2, 0) is 12.8 Å². The van der Waals surface area contributed by atoms with Gasteiger partial charge in [0.1, 0.15) is 0 Å². The molecule has 0 saturated carbocycles. The normalized spacial score (nSPS) is 17.0. The van der Waals surface area contributed by atoms with Crippen LogP contribution in [0.3, 0.4) is 0 Å². The second-order valence-corrected chi connectivity index (χ2v) is 5.49. The van der Waals surface area contributed by atoms with E-state index >= 15 is 0 Å². The van der Waals surface area contributed by atoms with Crippen LogP contribution in [-0.4, -0.2) is 11.9 Å². The lowest BCUT2D eigenvalue weighted by Gasteiger charge is -2.27. The van der Waals surface area contributed by atoms with Crippen LogP contribution >= 0.6 is 0 Å². The molecule has 5 N–H and O–H groups in total. The predicted octanol–water partition coefficient (Wildman–Crippen LogP) is 2.34. The number of nitrogens with two attached hydrogens (primary N) is 2. The molecule has 2 aromatic carbocycles. The first-order valence-electron chi connectivity index (χ1n) is 7.17. The summed E-state index contributed by atoms with van der Waals surface area (Å²) in [4.78, 5) is 11.5. The van der Waals surface area contributed by atoms with Gasteiger partial charge in [-0.3, -0.25) is 4.79 Å². The van der Waals surface area contributed by atoms with Gasteiger partial charge in [-0.2, -0.15) is 0 Å². The van der Waals surface area contributed by atoms with Crippen molar-refractivity contribution in [3.05, 3.63) is 59.2 Å². The maximum atomic E-state index is 11.5. The van der Waals surface area contributed by atoms with Gasteiger partial charge in [0.05, 0.1) is 16.9 Å². The van der Waals surface area contributed by atoms with Crippen molar-refractivity contribution in [1.82, 2.24) is 0 Å². The van der Waals surface area contributed by atoms with Crippen molar-refractivity contribution < 1.29 is 4.79 Å². The average molecular weight is 281 g/mol. The van der Waals surface area contributed by atoms with Crippen LogP contribution in [0.5, 0.6) is 0 Å². The predicted molar refractivity (Wildman–Crippen MR) is 85.3 cm³/mol. The highest BCUT2D eigenvalue weighted by Crippen LogP contribution is 2.28. The van der Waals surface area contributed by atoms with Crippen LogP contribution in [0.25, 0.3) is 0 Å². The Morgan fingerprint density at radius 2 is 1.86 bits per heavy atom. The fourth-order valence-corrected chi connectivity index (χ4v) is 2.96. The topological polar surface area (TPSA) is 81.1 Å². The van der Waals surface area contributed by atoms with Gasteiger partial charge >= 0.3 is 0 Å². The number of nitrogens with one attached hydrogen (secondary N) is 1. The SMILES string of the molecule is NC(=O)c1cccc(N)c1NC1CCc2ccccc2C1. The lowest BCUT2D eigenvalue weighted by molar-refractivity contribution is 0.100. The number of primary amides is 1. The number of benzene rings is 2. The van der Waals surface area contributed by atoms with Crippen molar-refractivity contribution in [2.45, 2.75) is 25.3 Å². The zero-order valence-corrected chi connectivity index (χ0v) is 11.8. The lowest BCUT2D eigenvalue weighted by atomic mass is 9.88. The monoisotopic (exact) mass is 281 g/mol. The molecule has 1 amide bonds. The van der Waals surface area contributed by atoms with Crippen LogP contribution in [0.1, 0.15) is 27.9 Å². The van der Waals surface area contributed by atoms with Gasteiger partial charge in [-0.1, -0.05) is 30.3 Å². The number of anilines is 2. The number of nitrogen functional groups attached to an aromatic ring is 1. The third-order valence-electron chi connectivity index (χ3n) is 4.06. The maximum absolute atomic E-state index is 11.5. The third-order valence-corrected chi connectivity index (χ3v) is 4.06. The highest BCUT2D eigenvalue weighted by molar-refractivity contribution is 6.01. The minimum Gasteiger partial charge on any atom is -0.397 e. The molecule has 1 aliphatic rings. The van der Waals surface area contributed by atoms with E-state index < -0.39 is 5.91 Å². The summed E-state index contributed by atoms with van der Waals surface area (Å²) in [7, 11) is 0. The van der Waals surface area contributed by atoms with Crippen LogP contribution < -0.4 is 16.8 Å².